The Morgan fingerprint density at radius 1 is 1.12 bits per heavy atom. The number of ether oxygens (including phenoxy) is 2. The lowest BCUT2D eigenvalue weighted by atomic mass is 10.0. The van der Waals surface area contributed by atoms with E-state index in [2.05, 4.69) is 5.32 Å². The molecule has 5 heteroatoms. The van der Waals surface area contributed by atoms with Crippen molar-refractivity contribution in [2.75, 3.05) is 11.9 Å². The number of rotatable bonds is 7. The van der Waals surface area contributed by atoms with Gasteiger partial charge in [0.2, 0.25) is 0 Å². The van der Waals surface area contributed by atoms with Gasteiger partial charge in [-0.2, -0.15) is 0 Å². The molecule has 26 heavy (non-hydrogen) atoms. The Balaban J connectivity index is 2.16. The predicted octanol–water partition coefficient (Wildman–Crippen LogP) is 4.23. The van der Waals surface area contributed by atoms with Gasteiger partial charge in [-0.3, -0.25) is 9.59 Å². The van der Waals surface area contributed by atoms with Crippen LogP contribution < -0.4 is 14.8 Å². The summed E-state index contributed by atoms with van der Waals surface area (Å²) >= 11 is 0. The molecular formula is C21H25NO4. The van der Waals surface area contributed by atoms with Crippen LogP contribution in [0.3, 0.4) is 0 Å². The van der Waals surface area contributed by atoms with E-state index >= 15 is 0 Å². The maximum absolute atomic E-state index is 12.6. The second kappa shape index (κ2) is 8.52. The lowest BCUT2D eigenvalue weighted by Gasteiger charge is -2.19. The zero-order valence-corrected chi connectivity index (χ0v) is 15.9. The molecule has 0 unspecified atom stereocenters. The van der Waals surface area contributed by atoms with E-state index in [4.69, 9.17) is 9.47 Å². The van der Waals surface area contributed by atoms with Crippen LogP contribution in [-0.2, 0) is 4.79 Å². The first kappa shape index (κ1) is 19.5. The van der Waals surface area contributed by atoms with Gasteiger partial charge in [-0.25, -0.2) is 0 Å². The number of amides is 1. The Labute approximate surface area is 154 Å². The van der Waals surface area contributed by atoms with Gasteiger partial charge in [-0.15, -0.1) is 0 Å². The number of carbonyl (C=O) groups excluding carboxylic acids is 2. The van der Waals surface area contributed by atoms with Gasteiger partial charge in [0.15, 0.2) is 17.6 Å². The summed E-state index contributed by atoms with van der Waals surface area (Å²) in [5.74, 6) is 0.624. The highest BCUT2D eigenvalue weighted by atomic mass is 16.5. The zero-order valence-electron chi connectivity index (χ0n) is 15.9. The van der Waals surface area contributed by atoms with Crippen LogP contribution in [0.25, 0.3) is 0 Å². The molecule has 0 heterocycles. The number of hydrogen-bond acceptors (Lipinski definition) is 4. The van der Waals surface area contributed by atoms with Crippen molar-refractivity contribution < 1.29 is 19.1 Å². The molecule has 0 aliphatic carbocycles. The number of aryl methyl sites for hydroxylation is 3. The van der Waals surface area contributed by atoms with Gasteiger partial charge in [0, 0.05) is 11.3 Å². The van der Waals surface area contributed by atoms with Crippen LogP contribution in [0.1, 0.15) is 40.9 Å². The maximum atomic E-state index is 12.6. The van der Waals surface area contributed by atoms with E-state index in [1.54, 1.807) is 25.1 Å². The van der Waals surface area contributed by atoms with E-state index in [0.717, 1.165) is 28.7 Å². The van der Waals surface area contributed by atoms with Gasteiger partial charge in [0.05, 0.1) is 6.61 Å². The lowest BCUT2D eigenvalue weighted by molar-refractivity contribution is -0.122. The fraction of sp³-hybridized carbons (Fsp3) is 0.333. The molecule has 0 aliphatic rings. The normalized spacial score (nSPS) is 11.6. The van der Waals surface area contributed by atoms with Crippen molar-refractivity contribution in [1.29, 1.82) is 0 Å². The highest BCUT2D eigenvalue weighted by Gasteiger charge is 2.19. The quantitative estimate of drug-likeness (QED) is 0.755. The molecule has 2 rings (SSSR count). The van der Waals surface area contributed by atoms with E-state index in [9.17, 15) is 9.59 Å². The third-order valence-electron chi connectivity index (χ3n) is 4.00. The molecule has 1 atom stereocenters. The molecule has 0 radical (unpaired) electrons. The Morgan fingerprint density at radius 3 is 2.35 bits per heavy atom. The van der Waals surface area contributed by atoms with Crippen molar-refractivity contribution in [1.82, 2.24) is 0 Å². The van der Waals surface area contributed by atoms with Crippen LogP contribution >= 0.6 is 0 Å². The number of carbonyl (C=O) groups is 2. The maximum Gasteiger partial charge on any atom is 0.265 e. The Kier molecular flexibility index (Phi) is 6.39. The number of aldehydes is 1. The summed E-state index contributed by atoms with van der Waals surface area (Å²) in [7, 11) is 0. The average molecular weight is 355 g/mol. The van der Waals surface area contributed by atoms with Crippen LogP contribution in [-0.4, -0.2) is 24.9 Å². The fourth-order valence-corrected chi connectivity index (χ4v) is 2.81. The number of anilines is 1. The largest absolute Gasteiger partial charge is 0.490 e. The molecule has 0 fully saturated rings. The van der Waals surface area contributed by atoms with E-state index in [-0.39, 0.29) is 5.91 Å². The second-order valence-electron chi connectivity index (χ2n) is 6.28. The molecule has 2 aromatic carbocycles. The smallest absolute Gasteiger partial charge is 0.265 e. The minimum absolute atomic E-state index is 0.248. The third kappa shape index (κ3) is 4.63. The summed E-state index contributed by atoms with van der Waals surface area (Å²) in [5.41, 5.74) is 4.46. The minimum atomic E-state index is -0.726. The second-order valence-corrected chi connectivity index (χ2v) is 6.28. The highest BCUT2D eigenvalue weighted by molar-refractivity contribution is 5.95. The number of nitrogens with one attached hydrogen (secondary N) is 1. The summed E-state index contributed by atoms with van der Waals surface area (Å²) in [5, 5.41) is 2.94. The molecule has 0 aromatic heterocycles. The standard InChI is InChI=1S/C21H25NO4/c1-6-25-19-11-17(12-23)7-8-18(19)26-16(5)21(24)22-20-14(3)9-13(2)10-15(20)4/h7-12,16H,6H2,1-5H3,(H,22,24)/t16-/m0/s1. The number of hydrogen-bond donors (Lipinski definition) is 1. The van der Waals surface area contributed by atoms with Crippen LogP contribution in [0.5, 0.6) is 11.5 Å². The first-order chi connectivity index (χ1) is 12.3. The Hall–Kier alpha value is -2.82. The van der Waals surface area contributed by atoms with Crippen LogP contribution in [0.4, 0.5) is 5.69 Å². The molecule has 0 aliphatic heterocycles. The molecule has 0 bridgehead atoms. The summed E-state index contributed by atoms with van der Waals surface area (Å²) in [6.07, 6.45) is 0.0159. The Morgan fingerprint density at radius 2 is 1.77 bits per heavy atom. The zero-order chi connectivity index (χ0) is 19.3. The molecule has 1 amide bonds. The molecule has 5 nitrogen and oxygen atoms in total. The molecule has 2 aromatic rings. The van der Waals surface area contributed by atoms with Crippen molar-refractivity contribution in [3.05, 3.63) is 52.6 Å². The van der Waals surface area contributed by atoms with E-state index in [1.165, 1.54) is 0 Å². The van der Waals surface area contributed by atoms with Crippen LogP contribution in [0.2, 0.25) is 0 Å². The highest BCUT2D eigenvalue weighted by Crippen LogP contribution is 2.29. The van der Waals surface area contributed by atoms with Crippen molar-refractivity contribution in [2.24, 2.45) is 0 Å². The summed E-state index contributed by atoms with van der Waals surface area (Å²) in [6, 6.07) is 8.92. The predicted molar refractivity (Wildman–Crippen MR) is 102 cm³/mol. The van der Waals surface area contributed by atoms with Gasteiger partial charge in [0.25, 0.3) is 5.91 Å². The van der Waals surface area contributed by atoms with E-state index in [0.29, 0.717) is 23.7 Å². The first-order valence-corrected chi connectivity index (χ1v) is 8.63. The van der Waals surface area contributed by atoms with E-state index in [1.807, 2.05) is 39.8 Å². The van der Waals surface area contributed by atoms with Crippen molar-refractivity contribution in [2.45, 2.75) is 40.7 Å². The van der Waals surface area contributed by atoms with Crippen LogP contribution in [0, 0.1) is 20.8 Å². The van der Waals surface area contributed by atoms with Crippen LogP contribution in [0.15, 0.2) is 30.3 Å². The molecule has 0 saturated carbocycles. The minimum Gasteiger partial charge on any atom is -0.490 e. The molecule has 0 saturated heterocycles. The van der Waals surface area contributed by atoms with Gasteiger partial charge >= 0.3 is 0 Å². The van der Waals surface area contributed by atoms with Gasteiger partial charge in [-0.05, 0) is 63.9 Å². The third-order valence-corrected chi connectivity index (χ3v) is 4.00. The first-order valence-electron chi connectivity index (χ1n) is 8.63. The summed E-state index contributed by atoms with van der Waals surface area (Å²) in [6.45, 7) is 9.91. The SMILES string of the molecule is CCOc1cc(C=O)ccc1O[C@@H](C)C(=O)Nc1c(C)cc(C)cc1C. The summed E-state index contributed by atoms with van der Waals surface area (Å²) < 4.78 is 11.3. The lowest BCUT2D eigenvalue weighted by Crippen LogP contribution is -2.30. The number of benzene rings is 2. The molecule has 138 valence electrons. The fourth-order valence-electron chi connectivity index (χ4n) is 2.81. The van der Waals surface area contributed by atoms with Gasteiger partial charge < -0.3 is 14.8 Å². The van der Waals surface area contributed by atoms with E-state index < -0.39 is 6.10 Å². The molecular weight excluding hydrogens is 330 g/mol. The van der Waals surface area contributed by atoms with Gasteiger partial charge in [-0.1, -0.05) is 17.7 Å². The van der Waals surface area contributed by atoms with Gasteiger partial charge in [0.1, 0.15) is 6.29 Å². The topological polar surface area (TPSA) is 64.6 Å². The summed E-state index contributed by atoms with van der Waals surface area (Å²) in [4.78, 5) is 23.5. The Bertz CT molecular complexity index is 791. The molecule has 0 spiro atoms. The van der Waals surface area contributed by atoms with Crippen molar-refractivity contribution in [3.63, 3.8) is 0 Å². The molecule has 1 N–H and O–H groups in total. The monoisotopic (exact) mass is 355 g/mol. The average Bonchev–Trinajstić information content (AvgIpc) is 2.59. The van der Waals surface area contributed by atoms with Crippen molar-refractivity contribution >= 4 is 17.9 Å². The van der Waals surface area contributed by atoms with Crippen molar-refractivity contribution in [3.8, 4) is 11.5 Å².